The zero-order valence-electron chi connectivity index (χ0n) is 16.2. The number of ether oxygens (including phenoxy) is 2. The van der Waals surface area contributed by atoms with Gasteiger partial charge in [-0.15, -0.1) is 0 Å². The molecule has 0 heterocycles. The number of methoxy groups -OCH3 is 1. The first kappa shape index (κ1) is 22.8. The molecule has 2 aromatic rings. The van der Waals surface area contributed by atoms with E-state index in [9.17, 15) is 25.0 Å². The molecular formula is C20H16IN3O6. The van der Waals surface area contributed by atoms with E-state index in [1.54, 1.807) is 13.0 Å². The van der Waals surface area contributed by atoms with E-state index in [1.807, 2.05) is 28.7 Å². The Bertz CT molecular complexity index is 1100. The number of non-ortho nitro benzene ring substituents is 1. The third-order valence-corrected chi connectivity index (χ3v) is 4.64. The molecule has 1 amide bonds. The maximum Gasteiger partial charge on any atom is 0.308 e. The van der Waals surface area contributed by atoms with E-state index in [0.717, 1.165) is 0 Å². The third kappa shape index (κ3) is 5.54. The number of hydrogen-bond donors (Lipinski definition) is 1. The molecule has 10 heteroatoms. The van der Waals surface area contributed by atoms with Crippen LogP contribution in [0.25, 0.3) is 6.08 Å². The summed E-state index contributed by atoms with van der Waals surface area (Å²) in [6.07, 6.45) is 1.36. The Labute approximate surface area is 185 Å². The van der Waals surface area contributed by atoms with E-state index in [4.69, 9.17) is 9.47 Å². The highest BCUT2D eigenvalue weighted by atomic mass is 127. The Hall–Kier alpha value is -3.46. The molecule has 1 N–H and O–H groups in total. The van der Waals surface area contributed by atoms with Gasteiger partial charge in [0.05, 0.1) is 15.6 Å². The van der Waals surface area contributed by atoms with Gasteiger partial charge in [0.2, 0.25) is 0 Å². The second-order valence-electron chi connectivity index (χ2n) is 6.01. The van der Waals surface area contributed by atoms with Gasteiger partial charge in [0.1, 0.15) is 11.6 Å². The van der Waals surface area contributed by atoms with Gasteiger partial charge in [-0.05, 0) is 64.9 Å². The number of nitrogens with one attached hydrogen (secondary N) is 1. The Morgan fingerprint density at radius 1 is 1.30 bits per heavy atom. The van der Waals surface area contributed by atoms with Crippen LogP contribution < -0.4 is 14.8 Å². The normalized spacial score (nSPS) is 10.7. The van der Waals surface area contributed by atoms with Gasteiger partial charge in [0.25, 0.3) is 11.6 Å². The van der Waals surface area contributed by atoms with Gasteiger partial charge in [0.15, 0.2) is 11.5 Å². The summed E-state index contributed by atoms with van der Waals surface area (Å²) >= 11 is 1.95. The van der Waals surface area contributed by atoms with Crippen molar-refractivity contribution in [3.8, 4) is 17.6 Å². The second-order valence-corrected chi connectivity index (χ2v) is 7.17. The molecule has 0 spiro atoms. The number of amides is 1. The highest BCUT2D eigenvalue weighted by Gasteiger charge is 2.16. The van der Waals surface area contributed by atoms with Crippen LogP contribution in [0.3, 0.4) is 0 Å². The van der Waals surface area contributed by atoms with Gasteiger partial charge in [-0.3, -0.25) is 19.7 Å². The molecule has 0 atom stereocenters. The lowest BCUT2D eigenvalue weighted by atomic mass is 10.1. The average molecular weight is 521 g/mol. The number of carbonyl (C=O) groups is 2. The van der Waals surface area contributed by atoms with E-state index in [-0.39, 0.29) is 22.8 Å². The number of carbonyl (C=O) groups excluding carboxylic acids is 2. The quantitative estimate of drug-likeness (QED) is 0.116. The number of anilines is 1. The first-order chi connectivity index (χ1) is 14.2. The lowest BCUT2D eigenvalue weighted by Gasteiger charge is -2.11. The molecule has 0 aromatic heterocycles. The predicted octanol–water partition coefficient (Wildman–Crippen LogP) is 3.99. The molecule has 154 valence electrons. The minimum Gasteiger partial charge on any atom is -0.493 e. The second kappa shape index (κ2) is 9.84. The standard InChI is InChI=1S/C20H16IN3O6/c1-11-6-15(24(27)28)4-5-17(11)23-20(26)14(10-22)7-13-8-16(21)19(30-12(2)25)18(9-13)29-3/h4-9H,1-3H3,(H,23,26)/b14-7+. The summed E-state index contributed by atoms with van der Waals surface area (Å²) in [5.41, 5.74) is 1.03. The number of nitrogens with zero attached hydrogens (tertiary/aromatic N) is 2. The van der Waals surface area contributed by atoms with E-state index in [1.165, 1.54) is 44.4 Å². The van der Waals surface area contributed by atoms with E-state index >= 15 is 0 Å². The molecule has 0 bridgehead atoms. The molecular weight excluding hydrogens is 505 g/mol. The summed E-state index contributed by atoms with van der Waals surface area (Å²) in [6.45, 7) is 2.88. The van der Waals surface area contributed by atoms with Gasteiger partial charge in [0, 0.05) is 24.7 Å². The minimum atomic E-state index is -0.674. The van der Waals surface area contributed by atoms with Gasteiger partial charge in [-0.25, -0.2) is 0 Å². The first-order valence-corrected chi connectivity index (χ1v) is 9.48. The maximum atomic E-state index is 12.5. The molecule has 0 radical (unpaired) electrons. The van der Waals surface area contributed by atoms with Gasteiger partial charge < -0.3 is 14.8 Å². The molecule has 2 rings (SSSR count). The summed E-state index contributed by atoms with van der Waals surface area (Å²) in [5.74, 6) is -0.669. The molecule has 2 aromatic carbocycles. The Morgan fingerprint density at radius 3 is 2.53 bits per heavy atom. The highest BCUT2D eigenvalue weighted by Crippen LogP contribution is 2.34. The molecule has 0 saturated carbocycles. The van der Waals surface area contributed by atoms with Crippen LogP contribution in [0.5, 0.6) is 11.5 Å². The van der Waals surface area contributed by atoms with Gasteiger partial charge in [-0.1, -0.05) is 0 Å². The summed E-state index contributed by atoms with van der Waals surface area (Å²) in [5, 5.41) is 22.8. The summed E-state index contributed by atoms with van der Waals surface area (Å²) in [6, 6.07) is 8.99. The number of benzene rings is 2. The number of rotatable bonds is 6. The fourth-order valence-corrected chi connectivity index (χ4v) is 3.21. The first-order valence-electron chi connectivity index (χ1n) is 8.40. The maximum absolute atomic E-state index is 12.5. The predicted molar refractivity (Wildman–Crippen MR) is 117 cm³/mol. The molecule has 0 unspecified atom stereocenters. The monoisotopic (exact) mass is 521 g/mol. The van der Waals surface area contributed by atoms with Crippen molar-refractivity contribution in [3.63, 3.8) is 0 Å². The third-order valence-electron chi connectivity index (χ3n) is 3.84. The van der Waals surface area contributed by atoms with Crippen molar-refractivity contribution >= 4 is 51.9 Å². The van der Waals surface area contributed by atoms with Crippen LogP contribution in [-0.4, -0.2) is 23.9 Å². The number of nitro benzene ring substituents is 1. The van der Waals surface area contributed by atoms with Crippen molar-refractivity contribution in [1.82, 2.24) is 0 Å². The van der Waals surface area contributed by atoms with Crippen LogP contribution in [0.2, 0.25) is 0 Å². The number of halogens is 1. The number of nitro groups is 1. The topological polar surface area (TPSA) is 132 Å². The fourth-order valence-electron chi connectivity index (χ4n) is 2.47. The molecule has 30 heavy (non-hydrogen) atoms. The van der Waals surface area contributed by atoms with E-state index < -0.39 is 16.8 Å². The molecule has 0 fully saturated rings. The molecule has 9 nitrogen and oxygen atoms in total. The van der Waals surface area contributed by atoms with Crippen molar-refractivity contribution in [2.45, 2.75) is 13.8 Å². The van der Waals surface area contributed by atoms with Crippen molar-refractivity contribution in [1.29, 1.82) is 5.26 Å². The van der Waals surface area contributed by atoms with E-state index in [2.05, 4.69) is 5.32 Å². The summed E-state index contributed by atoms with van der Waals surface area (Å²) < 4.78 is 10.9. The van der Waals surface area contributed by atoms with Crippen LogP contribution in [0.4, 0.5) is 11.4 Å². The Kier molecular flexibility index (Phi) is 7.48. The number of nitriles is 1. The van der Waals surface area contributed by atoms with Crippen LogP contribution in [0.1, 0.15) is 18.1 Å². The Morgan fingerprint density at radius 2 is 2.00 bits per heavy atom. The largest absolute Gasteiger partial charge is 0.493 e. The summed E-state index contributed by atoms with van der Waals surface area (Å²) in [4.78, 5) is 34.1. The van der Waals surface area contributed by atoms with Crippen LogP contribution >= 0.6 is 22.6 Å². The van der Waals surface area contributed by atoms with E-state index in [0.29, 0.717) is 20.4 Å². The molecule has 0 aliphatic carbocycles. The minimum absolute atomic E-state index is 0.101. The van der Waals surface area contributed by atoms with Crippen LogP contribution in [0, 0.1) is 31.9 Å². The zero-order chi connectivity index (χ0) is 22.4. The lowest BCUT2D eigenvalue weighted by Crippen LogP contribution is -2.14. The van der Waals surface area contributed by atoms with Gasteiger partial charge in [-0.2, -0.15) is 5.26 Å². The smallest absolute Gasteiger partial charge is 0.308 e. The van der Waals surface area contributed by atoms with Crippen molar-refractivity contribution in [3.05, 3.63) is 60.7 Å². The van der Waals surface area contributed by atoms with Crippen molar-refractivity contribution in [2.24, 2.45) is 0 Å². The van der Waals surface area contributed by atoms with Gasteiger partial charge >= 0.3 is 5.97 Å². The van der Waals surface area contributed by atoms with Crippen molar-refractivity contribution in [2.75, 3.05) is 12.4 Å². The summed E-state index contributed by atoms with van der Waals surface area (Å²) in [7, 11) is 1.40. The molecule has 0 saturated heterocycles. The van der Waals surface area contributed by atoms with Crippen LogP contribution in [0.15, 0.2) is 35.9 Å². The molecule has 0 aliphatic rings. The average Bonchev–Trinajstić information content (AvgIpc) is 2.68. The lowest BCUT2D eigenvalue weighted by molar-refractivity contribution is -0.384. The van der Waals surface area contributed by atoms with Crippen LogP contribution in [-0.2, 0) is 9.59 Å². The fraction of sp³-hybridized carbons (Fsp3) is 0.150. The SMILES string of the molecule is COc1cc(/C=C(\C#N)C(=O)Nc2ccc([N+](=O)[O-])cc2C)cc(I)c1OC(C)=O. The number of aryl methyl sites for hydroxylation is 1. The highest BCUT2D eigenvalue weighted by molar-refractivity contribution is 14.1. The molecule has 0 aliphatic heterocycles. The number of esters is 1. The Balaban J connectivity index is 2.34. The van der Waals surface area contributed by atoms with Crippen molar-refractivity contribution < 1.29 is 24.0 Å². The number of hydrogen-bond acceptors (Lipinski definition) is 7. The zero-order valence-corrected chi connectivity index (χ0v) is 18.3.